The van der Waals surface area contributed by atoms with Gasteiger partial charge >= 0.3 is 0 Å². The first-order valence-electron chi connectivity index (χ1n) is 8.65. The number of carbonyl (C=O) groups is 1. The summed E-state index contributed by atoms with van der Waals surface area (Å²) in [5.74, 6) is -0.787. The van der Waals surface area contributed by atoms with E-state index in [-0.39, 0.29) is 35.9 Å². The molecule has 3 aliphatic rings. The van der Waals surface area contributed by atoms with Crippen LogP contribution >= 0.6 is 0 Å². The molecule has 0 radical (unpaired) electrons. The molecule has 0 N–H and O–H groups in total. The Morgan fingerprint density at radius 3 is 2.68 bits per heavy atom. The van der Waals surface area contributed by atoms with E-state index in [1.807, 2.05) is 4.90 Å². The number of fused-ring (bicyclic) bond motifs is 2. The number of halogens is 1. The Bertz CT molecular complexity index is 779. The van der Waals surface area contributed by atoms with Gasteiger partial charge < -0.3 is 9.64 Å². The van der Waals surface area contributed by atoms with Crippen molar-refractivity contribution in [3.63, 3.8) is 0 Å². The summed E-state index contributed by atoms with van der Waals surface area (Å²) in [6.07, 6.45) is 1.89. The summed E-state index contributed by atoms with van der Waals surface area (Å²) in [5, 5.41) is 0. The van der Waals surface area contributed by atoms with E-state index in [1.165, 1.54) is 22.5 Å². The molecule has 3 aliphatic heterocycles. The number of nitrogens with zero attached hydrogens (tertiary/aromatic N) is 2. The van der Waals surface area contributed by atoms with Crippen LogP contribution in [0.25, 0.3) is 0 Å². The molecule has 1 amide bonds. The predicted octanol–water partition coefficient (Wildman–Crippen LogP) is 1.23. The molecule has 0 aromatic heterocycles. The Morgan fingerprint density at radius 1 is 1.20 bits per heavy atom. The van der Waals surface area contributed by atoms with Gasteiger partial charge in [0, 0.05) is 26.2 Å². The third-order valence-electron chi connectivity index (χ3n) is 5.29. The highest BCUT2D eigenvalue weighted by Crippen LogP contribution is 2.36. The fraction of sp³-hybridized carbons (Fsp3) is 0.588. The minimum atomic E-state index is -3.79. The minimum Gasteiger partial charge on any atom is -0.371 e. The van der Waals surface area contributed by atoms with Crippen molar-refractivity contribution in [1.82, 2.24) is 9.21 Å². The molecule has 0 saturated carbocycles. The van der Waals surface area contributed by atoms with Gasteiger partial charge in [0.1, 0.15) is 5.82 Å². The lowest BCUT2D eigenvalue weighted by Crippen LogP contribution is -2.48. The first-order valence-corrected chi connectivity index (χ1v) is 10.1. The maximum absolute atomic E-state index is 13.4. The van der Waals surface area contributed by atoms with Crippen molar-refractivity contribution in [2.75, 3.05) is 26.2 Å². The molecule has 3 heterocycles. The zero-order valence-corrected chi connectivity index (χ0v) is 14.6. The van der Waals surface area contributed by atoms with Gasteiger partial charge in [-0.3, -0.25) is 4.79 Å². The maximum Gasteiger partial charge on any atom is 0.243 e. The monoisotopic (exact) mass is 368 g/mol. The van der Waals surface area contributed by atoms with Crippen LogP contribution in [-0.2, 0) is 19.6 Å². The lowest BCUT2D eigenvalue weighted by molar-refractivity contribution is -0.136. The van der Waals surface area contributed by atoms with E-state index < -0.39 is 21.9 Å². The maximum atomic E-state index is 13.4. The van der Waals surface area contributed by atoms with Crippen LogP contribution in [0.15, 0.2) is 29.2 Å². The molecule has 6 nitrogen and oxygen atoms in total. The molecule has 25 heavy (non-hydrogen) atoms. The van der Waals surface area contributed by atoms with E-state index in [2.05, 4.69) is 0 Å². The molecule has 2 bridgehead atoms. The Kier molecular flexibility index (Phi) is 4.29. The van der Waals surface area contributed by atoms with Crippen LogP contribution in [0.5, 0.6) is 0 Å². The van der Waals surface area contributed by atoms with Gasteiger partial charge in [-0.1, -0.05) is 6.07 Å². The second-order valence-corrected chi connectivity index (χ2v) is 8.89. The number of carbonyl (C=O) groups excluding carboxylic acids is 1. The van der Waals surface area contributed by atoms with Crippen molar-refractivity contribution in [2.24, 2.45) is 5.92 Å². The molecule has 0 spiro atoms. The lowest BCUT2D eigenvalue weighted by Gasteiger charge is -2.32. The molecule has 136 valence electrons. The topological polar surface area (TPSA) is 66.9 Å². The smallest absolute Gasteiger partial charge is 0.243 e. The van der Waals surface area contributed by atoms with Crippen molar-refractivity contribution in [3.8, 4) is 0 Å². The molecule has 0 unspecified atom stereocenters. The van der Waals surface area contributed by atoms with E-state index in [0.29, 0.717) is 6.42 Å². The molecular formula is C17H21FN2O4S. The number of rotatable bonds is 3. The number of hydrogen-bond donors (Lipinski definition) is 0. The van der Waals surface area contributed by atoms with Gasteiger partial charge in [-0.05, 0) is 37.5 Å². The zero-order valence-electron chi connectivity index (χ0n) is 13.8. The van der Waals surface area contributed by atoms with Crippen LogP contribution in [0.2, 0.25) is 0 Å². The summed E-state index contributed by atoms with van der Waals surface area (Å²) in [6.45, 7) is 1.90. The highest BCUT2D eigenvalue weighted by molar-refractivity contribution is 7.89. The van der Waals surface area contributed by atoms with Gasteiger partial charge in [0.25, 0.3) is 0 Å². The van der Waals surface area contributed by atoms with Gasteiger partial charge in [-0.25, -0.2) is 12.8 Å². The second kappa shape index (κ2) is 6.34. The molecule has 3 atom stereocenters. The Morgan fingerprint density at radius 2 is 1.96 bits per heavy atom. The van der Waals surface area contributed by atoms with Crippen LogP contribution in [0.1, 0.15) is 19.3 Å². The molecule has 1 aromatic rings. The summed E-state index contributed by atoms with van der Waals surface area (Å²) in [6, 6.07) is 5.02. The van der Waals surface area contributed by atoms with Gasteiger partial charge in [0.15, 0.2) is 0 Å². The highest BCUT2D eigenvalue weighted by Gasteiger charge is 2.48. The van der Waals surface area contributed by atoms with Crippen molar-refractivity contribution in [2.45, 2.75) is 36.4 Å². The Labute approximate surface area is 146 Å². The van der Waals surface area contributed by atoms with Crippen LogP contribution in [0.3, 0.4) is 0 Å². The van der Waals surface area contributed by atoms with Crippen LogP contribution < -0.4 is 0 Å². The fourth-order valence-corrected chi connectivity index (χ4v) is 5.54. The molecule has 0 aliphatic carbocycles. The van der Waals surface area contributed by atoms with E-state index in [1.54, 1.807) is 0 Å². The Hall–Kier alpha value is -1.51. The molecule has 1 aromatic carbocycles. The normalized spacial score (nSPS) is 30.0. The van der Waals surface area contributed by atoms with Crippen molar-refractivity contribution < 1.29 is 22.3 Å². The predicted molar refractivity (Wildman–Crippen MR) is 87.7 cm³/mol. The van der Waals surface area contributed by atoms with Gasteiger partial charge in [0.05, 0.1) is 23.0 Å². The second-order valence-electron chi connectivity index (χ2n) is 6.95. The summed E-state index contributed by atoms with van der Waals surface area (Å²) in [4.78, 5) is 14.5. The van der Waals surface area contributed by atoms with Crippen molar-refractivity contribution >= 4 is 15.9 Å². The standard InChI is InChI=1S/C17H21FN2O4S/c18-12-4-3-5-14(8-12)25(22,23)20-10-13-9-15(16(11-20)24-13)17(21)19-6-1-2-7-19/h3-5,8,13,15-16H,1-2,6-7,9-11H2/t13-,15+,16-/m0/s1. The third kappa shape index (κ3) is 3.07. The quantitative estimate of drug-likeness (QED) is 0.805. The van der Waals surface area contributed by atoms with Gasteiger partial charge in [0.2, 0.25) is 15.9 Å². The van der Waals surface area contributed by atoms with Gasteiger partial charge in [-0.2, -0.15) is 4.31 Å². The number of amides is 1. The fourth-order valence-electron chi connectivity index (χ4n) is 4.03. The first-order chi connectivity index (χ1) is 11.9. The van der Waals surface area contributed by atoms with E-state index in [0.717, 1.165) is 32.0 Å². The van der Waals surface area contributed by atoms with Crippen molar-refractivity contribution in [1.29, 1.82) is 0 Å². The number of morpholine rings is 1. The van der Waals surface area contributed by atoms with Crippen molar-refractivity contribution in [3.05, 3.63) is 30.1 Å². The number of likely N-dealkylation sites (tertiary alicyclic amines) is 1. The summed E-state index contributed by atoms with van der Waals surface area (Å²) < 4.78 is 46.2. The van der Waals surface area contributed by atoms with Crippen LogP contribution in [-0.4, -0.2) is 61.9 Å². The summed E-state index contributed by atoms with van der Waals surface area (Å²) in [5.41, 5.74) is 0. The molecule has 4 rings (SSSR count). The SMILES string of the molecule is O=C([C@@H]1C[C@H]2CN(S(=O)(=O)c3cccc(F)c3)C[C@@H]1O2)N1CCCC1. The lowest BCUT2D eigenvalue weighted by atomic mass is 9.99. The van der Waals surface area contributed by atoms with Crippen LogP contribution in [0.4, 0.5) is 4.39 Å². The average Bonchev–Trinajstić information content (AvgIpc) is 3.22. The first kappa shape index (κ1) is 16.9. The molecule has 8 heteroatoms. The number of hydrogen-bond acceptors (Lipinski definition) is 4. The minimum absolute atomic E-state index is 0.0591. The Balaban J connectivity index is 1.53. The van der Waals surface area contributed by atoms with E-state index in [9.17, 15) is 17.6 Å². The zero-order chi connectivity index (χ0) is 17.6. The van der Waals surface area contributed by atoms with E-state index in [4.69, 9.17) is 4.74 Å². The molecule has 3 fully saturated rings. The number of benzene rings is 1. The average molecular weight is 368 g/mol. The number of sulfonamides is 1. The molecular weight excluding hydrogens is 347 g/mol. The largest absolute Gasteiger partial charge is 0.371 e. The number of ether oxygens (including phenoxy) is 1. The molecule has 3 saturated heterocycles. The summed E-state index contributed by atoms with van der Waals surface area (Å²) >= 11 is 0. The third-order valence-corrected chi connectivity index (χ3v) is 7.12. The van der Waals surface area contributed by atoms with Crippen LogP contribution in [0, 0.1) is 11.7 Å². The van der Waals surface area contributed by atoms with Gasteiger partial charge in [-0.15, -0.1) is 0 Å². The summed E-state index contributed by atoms with van der Waals surface area (Å²) in [7, 11) is -3.79. The van der Waals surface area contributed by atoms with E-state index >= 15 is 0 Å². The highest BCUT2D eigenvalue weighted by atomic mass is 32.2.